The van der Waals surface area contributed by atoms with Gasteiger partial charge in [0.2, 0.25) is 0 Å². The van der Waals surface area contributed by atoms with Gasteiger partial charge in [-0.3, -0.25) is 0 Å². The molecule has 1 N–H and O–H groups in total. The highest BCUT2D eigenvalue weighted by Gasteiger charge is 2.28. The average Bonchev–Trinajstić information content (AvgIpc) is 2.43. The van der Waals surface area contributed by atoms with Gasteiger partial charge in [0.25, 0.3) is 0 Å². The molecule has 0 aliphatic carbocycles. The van der Waals surface area contributed by atoms with Crippen molar-refractivity contribution in [2.24, 2.45) is 5.41 Å². The molecule has 112 valence electrons. The molecule has 2 rings (SSSR count). The Labute approximate surface area is 132 Å². The molecule has 0 amide bonds. The van der Waals surface area contributed by atoms with E-state index in [0.717, 1.165) is 6.54 Å². The molecule has 1 saturated heterocycles. The summed E-state index contributed by atoms with van der Waals surface area (Å²) in [6.45, 7) is 7.99. The summed E-state index contributed by atoms with van der Waals surface area (Å²) < 4.78 is 0. The van der Waals surface area contributed by atoms with Crippen LogP contribution >= 0.6 is 23.2 Å². The summed E-state index contributed by atoms with van der Waals surface area (Å²) in [5, 5.41) is 4.89. The average molecular weight is 315 g/mol. The molecule has 2 nitrogen and oxygen atoms in total. The molecule has 0 bridgehead atoms. The molecule has 1 atom stereocenters. The van der Waals surface area contributed by atoms with Crippen molar-refractivity contribution in [2.45, 2.75) is 32.7 Å². The van der Waals surface area contributed by atoms with Crippen LogP contribution in [0.15, 0.2) is 18.2 Å². The minimum absolute atomic E-state index is 0.293. The van der Waals surface area contributed by atoms with Crippen LogP contribution in [-0.4, -0.2) is 31.6 Å². The first-order valence-electron chi connectivity index (χ1n) is 7.26. The van der Waals surface area contributed by atoms with E-state index in [4.69, 9.17) is 23.2 Å². The molecule has 0 spiro atoms. The minimum atomic E-state index is 0.293. The van der Waals surface area contributed by atoms with Crippen molar-refractivity contribution in [1.29, 1.82) is 0 Å². The number of nitrogens with one attached hydrogen (secondary N) is 1. The van der Waals surface area contributed by atoms with Gasteiger partial charge < -0.3 is 10.2 Å². The van der Waals surface area contributed by atoms with Crippen LogP contribution in [0.1, 0.15) is 38.3 Å². The number of hydrogen-bond donors (Lipinski definition) is 1. The molecule has 0 aromatic heterocycles. The van der Waals surface area contributed by atoms with E-state index >= 15 is 0 Å². The van der Waals surface area contributed by atoms with E-state index in [1.807, 2.05) is 18.2 Å². The lowest BCUT2D eigenvalue weighted by Gasteiger charge is -2.38. The number of rotatable bonds is 4. The van der Waals surface area contributed by atoms with Crippen LogP contribution in [0, 0.1) is 5.41 Å². The van der Waals surface area contributed by atoms with Gasteiger partial charge in [-0.05, 0) is 63.0 Å². The summed E-state index contributed by atoms with van der Waals surface area (Å²) in [5.41, 5.74) is 1.59. The number of piperidine rings is 1. The van der Waals surface area contributed by atoms with Crippen LogP contribution in [0.2, 0.25) is 10.0 Å². The standard InChI is InChI=1S/C16H24Cl2N2/c1-12(13-4-5-14(17)15(18)10-13)19-11-16(2)6-8-20(3)9-7-16/h4-5,10,12,19H,6-9,11H2,1-3H3. The summed E-state index contributed by atoms with van der Waals surface area (Å²) in [4.78, 5) is 2.41. The molecule has 1 unspecified atom stereocenters. The van der Waals surface area contributed by atoms with Gasteiger partial charge in [0, 0.05) is 12.6 Å². The lowest BCUT2D eigenvalue weighted by atomic mass is 9.80. The molecular formula is C16H24Cl2N2. The Kier molecular flexibility index (Phi) is 5.36. The number of likely N-dealkylation sites (tertiary alicyclic amines) is 1. The van der Waals surface area contributed by atoms with E-state index in [1.54, 1.807) is 0 Å². The van der Waals surface area contributed by atoms with Crippen molar-refractivity contribution < 1.29 is 0 Å². The molecule has 1 aliphatic heterocycles. The molecular weight excluding hydrogens is 291 g/mol. The maximum Gasteiger partial charge on any atom is 0.0595 e. The molecule has 0 saturated carbocycles. The van der Waals surface area contributed by atoms with Crippen LogP contribution in [0.3, 0.4) is 0 Å². The third-order valence-electron chi connectivity index (χ3n) is 4.47. The number of benzene rings is 1. The molecule has 0 radical (unpaired) electrons. The van der Waals surface area contributed by atoms with E-state index in [1.165, 1.54) is 31.5 Å². The maximum absolute atomic E-state index is 6.08. The summed E-state index contributed by atoms with van der Waals surface area (Å²) in [5.74, 6) is 0. The quantitative estimate of drug-likeness (QED) is 0.887. The second-order valence-corrected chi connectivity index (χ2v) is 7.20. The van der Waals surface area contributed by atoms with E-state index in [2.05, 4.69) is 31.1 Å². The fourth-order valence-corrected chi connectivity index (χ4v) is 2.94. The Bertz CT molecular complexity index is 454. The number of halogens is 2. The van der Waals surface area contributed by atoms with Crippen molar-refractivity contribution in [3.05, 3.63) is 33.8 Å². The first-order valence-corrected chi connectivity index (χ1v) is 8.02. The molecule has 20 heavy (non-hydrogen) atoms. The highest BCUT2D eigenvalue weighted by molar-refractivity contribution is 6.42. The monoisotopic (exact) mass is 314 g/mol. The van der Waals surface area contributed by atoms with Crippen molar-refractivity contribution in [3.63, 3.8) is 0 Å². The molecule has 1 fully saturated rings. The van der Waals surface area contributed by atoms with Crippen LogP contribution in [-0.2, 0) is 0 Å². The van der Waals surface area contributed by atoms with Gasteiger partial charge in [0.05, 0.1) is 10.0 Å². The number of nitrogens with zero attached hydrogens (tertiary/aromatic N) is 1. The smallest absolute Gasteiger partial charge is 0.0595 e. The molecule has 1 aromatic rings. The van der Waals surface area contributed by atoms with Crippen molar-refractivity contribution in [1.82, 2.24) is 10.2 Å². The molecule has 1 heterocycles. The minimum Gasteiger partial charge on any atom is -0.310 e. The second-order valence-electron chi connectivity index (χ2n) is 6.39. The third kappa shape index (κ3) is 4.11. The topological polar surface area (TPSA) is 15.3 Å². The van der Waals surface area contributed by atoms with Crippen molar-refractivity contribution in [3.8, 4) is 0 Å². The van der Waals surface area contributed by atoms with Gasteiger partial charge in [-0.1, -0.05) is 36.2 Å². The Morgan fingerprint density at radius 3 is 2.50 bits per heavy atom. The van der Waals surface area contributed by atoms with E-state index in [9.17, 15) is 0 Å². The van der Waals surface area contributed by atoms with Gasteiger partial charge in [0.1, 0.15) is 0 Å². The fourth-order valence-electron chi connectivity index (χ4n) is 2.63. The van der Waals surface area contributed by atoms with Gasteiger partial charge in [-0.2, -0.15) is 0 Å². The zero-order chi connectivity index (χ0) is 14.8. The normalized spacial score (nSPS) is 20.9. The predicted molar refractivity (Wildman–Crippen MR) is 87.7 cm³/mol. The van der Waals surface area contributed by atoms with E-state index < -0.39 is 0 Å². The number of hydrogen-bond acceptors (Lipinski definition) is 2. The van der Waals surface area contributed by atoms with Crippen LogP contribution in [0.4, 0.5) is 0 Å². The van der Waals surface area contributed by atoms with Gasteiger partial charge in [-0.25, -0.2) is 0 Å². The Morgan fingerprint density at radius 1 is 1.25 bits per heavy atom. The summed E-state index contributed by atoms with van der Waals surface area (Å²) in [6.07, 6.45) is 2.51. The highest BCUT2D eigenvalue weighted by atomic mass is 35.5. The molecule has 4 heteroatoms. The zero-order valence-corrected chi connectivity index (χ0v) is 14.1. The molecule has 1 aromatic carbocycles. The van der Waals surface area contributed by atoms with Gasteiger partial charge in [0.15, 0.2) is 0 Å². The SMILES string of the molecule is CC(NCC1(C)CCN(C)CC1)c1ccc(Cl)c(Cl)c1. The largest absolute Gasteiger partial charge is 0.310 e. The van der Waals surface area contributed by atoms with Gasteiger partial charge in [-0.15, -0.1) is 0 Å². The van der Waals surface area contributed by atoms with E-state index in [-0.39, 0.29) is 0 Å². The Balaban J connectivity index is 1.91. The predicted octanol–water partition coefficient (Wildman–Crippen LogP) is 4.38. The summed E-state index contributed by atoms with van der Waals surface area (Å²) in [6, 6.07) is 6.16. The molecule has 1 aliphatic rings. The van der Waals surface area contributed by atoms with Crippen LogP contribution < -0.4 is 5.32 Å². The zero-order valence-electron chi connectivity index (χ0n) is 12.5. The second kappa shape index (κ2) is 6.65. The highest BCUT2D eigenvalue weighted by Crippen LogP contribution is 2.31. The summed E-state index contributed by atoms with van der Waals surface area (Å²) >= 11 is 12.0. The first kappa shape index (κ1) is 16.1. The van der Waals surface area contributed by atoms with E-state index in [0.29, 0.717) is 21.5 Å². The maximum atomic E-state index is 6.08. The lowest BCUT2D eigenvalue weighted by Crippen LogP contribution is -2.42. The Morgan fingerprint density at radius 2 is 1.90 bits per heavy atom. The van der Waals surface area contributed by atoms with Gasteiger partial charge >= 0.3 is 0 Å². The lowest BCUT2D eigenvalue weighted by molar-refractivity contribution is 0.134. The van der Waals surface area contributed by atoms with Crippen LogP contribution in [0.5, 0.6) is 0 Å². The van der Waals surface area contributed by atoms with Crippen molar-refractivity contribution in [2.75, 3.05) is 26.7 Å². The van der Waals surface area contributed by atoms with Crippen molar-refractivity contribution >= 4 is 23.2 Å². The fraction of sp³-hybridized carbons (Fsp3) is 0.625. The summed E-state index contributed by atoms with van der Waals surface area (Å²) in [7, 11) is 2.20. The third-order valence-corrected chi connectivity index (χ3v) is 5.21. The van der Waals surface area contributed by atoms with Crippen LogP contribution in [0.25, 0.3) is 0 Å². The Hall–Kier alpha value is -0.280. The first-order chi connectivity index (χ1) is 9.39.